The van der Waals surface area contributed by atoms with Gasteiger partial charge in [-0.3, -0.25) is 9.59 Å². The fourth-order valence-corrected chi connectivity index (χ4v) is 8.45. The Bertz CT molecular complexity index is 2380. The van der Waals surface area contributed by atoms with Crippen LogP contribution in [-0.2, 0) is 19.1 Å². The van der Waals surface area contributed by atoms with E-state index in [4.69, 9.17) is 24.2 Å². The topological polar surface area (TPSA) is 189 Å². The van der Waals surface area contributed by atoms with Crippen LogP contribution in [0.5, 0.6) is 11.5 Å². The van der Waals surface area contributed by atoms with Crippen molar-refractivity contribution in [3.05, 3.63) is 66.6 Å². The number of aromatic nitrogens is 5. The summed E-state index contributed by atoms with van der Waals surface area (Å²) in [4.78, 5) is 71.4. The quantitative estimate of drug-likeness (QED) is 0.118. The average molecular weight is 792 g/mol. The van der Waals surface area contributed by atoms with E-state index in [0.717, 1.165) is 64.8 Å². The van der Waals surface area contributed by atoms with Crippen molar-refractivity contribution in [3.8, 4) is 39.7 Å². The summed E-state index contributed by atoms with van der Waals surface area (Å²) in [6.45, 7) is 8.73. The van der Waals surface area contributed by atoms with Gasteiger partial charge in [-0.15, -0.1) is 0 Å². The molecule has 0 saturated carbocycles. The minimum absolute atomic E-state index is 0.123. The van der Waals surface area contributed by atoms with Crippen molar-refractivity contribution in [2.45, 2.75) is 77.5 Å². The molecule has 0 unspecified atom stereocenters. The van der Waals surface area contributed by atoms with Gasteiger partial charge in [0.05, 0.1) is 61.3 Å². The first-order chi connectivity index (χ1) is 27.9. The molecule has 4 amide bonds. The van der Waals surface area contributed by atoms with E-state index in [1.807, 2.05) is 52.1 Å². The van der Waals surface area contributed by atoms with Crippen LogP contribution in [-0.4, -0.2) is 97.7 Å². The number of amides is 4. The molecule has 6 heterocycles. The van der Waals surface area contributed by atoms with Crippen molar-refractivity contribution in [2.24, 2.45) is 11.8 Å². The molecule has 4 atom stereocenters. The minimum atomic E-state index is -0.711. The van der Waals surface area contributed by atoms with Gasteiger partial charge in [-0.2, -0.15) is 0 Å². The summed E-state index contributed by atoms with van der Waals surface area (Å²) in [6.07, 6.45) is 7.51. The summed E-state index contributed by atoms with van der Waals surface area (Å²) in [5.41, 5.74) is 5.24. The monoisotopic (exact) mass is 791 g/mol. The first-order valence-corrected chi connectivity index (χ1v) is 19.8. The van der Waals surface area contributed by atoms with Gasteiger partial charge in [-0.25, -0.2) is 19.6 Å². The van der Waals surface area contributed by atoms with Crippen LogP contribution in [0.2, 0.25) is 0 Å². The van der Waals surface area contributed by atoms with Crippen LogP contribution in [0.4, 0.5) is 9.59 Å². The van der Waals surface area contributed by atoms with Crippen LogP contribution in [0.1, 0.15) is 77.1 Å². The van der Waals surface area contributed by atoms with Crippen molar-refractivity contribution in [1.29, 1.82) is 0 Å². The van der Waals surface area contributed by atoms with Gasteiger partial charge in [0, 0.05) is 35.8 Å². The molecule has 304 valence electrons. The van der Waals surface area contributed by atoms with Gasteiger partial charge in [0.25, 0.3) is 0 Å². The van der Waals surface area contributed by atoms with E-state index < -0.39 is 24.3 Å². The Kier molecular flexibility index (Phi) is 10.3. The normalized spacial score (nSPS) is 18.3. The van der Waals surface area contributed by atoms with E-state index in [-0.39, 0.29) is 35.7 Å². The molecule has 4 N–H and O–H groups in total. The Hall–Kier alpha value is -6.32. The Morgan fingerprint density at radius 1 is 0.741 bits per heavy atom. The molecular weight excluding hydrogens is 743 g/mol. The molecule has 5 aromatic rings. The molecule has 8 rings (SSSR count). The molecule has 16 nitrogen and oxygen atoms in total. The van der Waals surface area contributed by atoms with Crippen LogP contribution in [0.25, 0.3) is 39.1 Å². The van der Waals surface area contributed by atoms with E-state index in [2.05, 4.69) is 43.4 Å². The van der Waals surface area contributed by atoms with Crippen LogP contribution < -0.4 is 15.4 Å². The van der Waals surface area contributed by atoms with E-state index in [9.17, 15) is 19.2 Å². The molecule has 0 radical (unpaired) electrons. The molecule has 0 spiro atoms. The maximum absolute atomic E-state index is 13.7. The predicted molar refractivity (Wildman–Crippen MR) is 214 cm³/mol. The number of hydrogen-bond acceptors (Lipinski definition) is 9. The Morgan fingerprint density at radius 3 is 1.83 bits per heavy atom. The third-order valence-electron chi connectivity index (χ3n) is 11.5. The number of nitrogens with one attached hydrogen (secondary N) is 4. The van der Waals surface area contributed by atoms with Gasteiger partial charge in [-0.1, -0.05) is 27.7 Å². The molecule has 0 bridgehead atoms. The molecule has 2 saturated heterocycles. The number of carbonyl (C=O) groups excluding carboxylic acids is 4. The molecular formula is C42H49N9O7. The summed E-state index contributed by atoms with van der Waals surface area (Å²) in [6, 6.07) is 10.2. The number of ether oxygens (including phenoxy) is 3. The van der Waals surface area contributed by atoms with Gasteiger partial charge < -0.3 is 49.2 Å². The molecule has 2 fully saturated rings. The van der Waals surface area contributed by atoms with Crippen LogP contribution in [0.15, 0.2) is 55.0 Å². The Morgan fingerprint density at radius 2 is 1.29 bits per heavy atom. The standard InChI is InChI=1S/C42H49N9O7/c1-22(2)34(47-41(54)56-5)39(52)50-14-7-9-29(50)37-43-20-27(45-37)24-11-12-32-31(18-24)49-16-13-25-17-26(19-33(58-32)36(25)49)28-21-44-38(46-28)30-10-8-15-51(30)40(53)35(23(3)4)48-42(55)57-6/h11-13,16-23,29-30,34-35H,7-10,14-15H2,1-6H3,(H,43,45)(H,44,46)(H,47,54)(H,48,55)/t29-,30-,34-,35-/m0/s1. The summed E-state index contributed by atoms with van der Waals surface area (Å²) >= 11 is 0. The van der Waals surface area contributed by atoms with Crippen molar-refractivity contribution >= 4 is 34.9 Å². The van der Waals surface area contributed by atoms with Crippen LogP contribution in [0, 0.1) is 11.8 Å². The number of benzene rings is 2. The largest absolute Gasteiger partial charge is 0.453 e. The highest BCUT2D eigenvalue weighted by atomic mass is 16.5. The van der Waals surface area contributed by atoms with Crippen LogP contribution >= 0.6 is 0 Å². The second kappa shape index (κ2) is 15.6. The number of aromatic amines is 2. The lowest BCUT2D eigenvalue weighted by molar-refractivity contribution is -0.136. The zero-order chi connectivity index (χ0) is 40.8. The number of likely N-dealkylation sites (tertiary alicyclic amines) is 2. The molecule has 58 heavy (non-hydrogen) atoms. The number of nitrogens with zero attached hydrogens (tertiary/aromatic N) is 5. The number of carbonyl (C=O) groups is 4. The Labute approximate surface area is 335 Å². The van der Waals surface area contributed by atoms with Crippen molar-refractivity contribution in [1.82, 2.24) is 44.9 Å². The van der Waals surface area contributed by atoms with Gasteiger partial charge in [0.1, 0.15) is 23.7 Å². The molecule has 3 aromatic heterocycles. The van der Waals surface area contributed by atoms with Crippen molar-refractivity contribution in [3.63, 3.8) is 0 Å². The lowest BCUT2D eigenvalue weighted by Gasteiger charge is -2.30. The van der Waals surface area contributed by atoms with Gasteiger partial charge in [0.2, 0.25) is 11.8 Å². The fraction of sp³-hybridized carbons (Fsp3) is 0.429. The predicted octanol–water partition coefficient (Wildman–Crippen LogP) is 6.60. The first kappa shape index (κ1) is 38.5. The molecule has 2 aromatic carbocycles. The van der Waals surface area contributed by atoms with Crippen molar-refractivity contribution in [2.75, 3.05) is 27.3 Å². The fourth-order valence-electron chi connectivity index (χ4n) is 8.45. The average Bonchev–Trinajstić information content (AvgIpc) is 4.07. The summed E-state index contributed by atoms with van der Waals surface area (Å²) in [5, 5.41) is 6.39. The minimum Gasteiger partial charge on any atom is -0.453 e. The van der Waals surface area contributed by atoms with E-state index >= 15 is 0 Å². The maximum Gasteiger partial charge on any atom is 0.407 e. The summed E-state index contributed by atoms with van der Waals surface area (Å²) in [5.74, 6) is 2.23. The third-order valence-corrected chi connectivity index (χ3v) is 11.5. The lowest BCUT2D eigenvalue weighted by atomic mass is 10.0. The highest BCUT2D eigenvalue weighted by Crippen LogP contribution is 2.45. The lowest BCUT2D eigenvalue weighted by Crippen LogP contribution is -2.51. The zero-order valence-corrected chi connectivity index (χ0v) is 33.5. The highest BCUT2D eigenvalue weighted by molar-refractivity contribution is 5.94. The van der Waals surface area contributed by atoms with Gasteiger partial charge >= 0.3 is 12.2 Å². The second-order valence-electron chi connectivity index (χ2n) is 15.8. The van der Waals surface area contributed by atoms with E-state index in [1.165, 1.54) is 14.2 Å². The SMILES string of the molecule is COC(=O)N[C@H](C(=O)N1CCC[C@H]1c1ncc(-c2ccc3c(c2)-n2ccc4cc(-c5cnc([C@@H]6CCCN6C(=O)[C@@H](NC(=O)OC)C(C)C)[nH]5)cc(c42)O3)[nH]1)C(C)C. The van der Waals surface area contributed by atoms with Crippen LogP contribution in [0.3, 0.4) is 0 Å². The van der Waals surface area contributed by atoms with Gasteiger partial charge in [0.15, 0.2) is 11.5 Å². The number of rotatable bonds is 10. The highest BCUT2D eigenvalue weighted by Gasteiger charge is 2.39. The zero-order valence-electron chi connectivity index (χ0n) is 33.5. The van der Waals surface area contributed by atoms with E-state index in [0.29, 0.717) is 36.2 Å². The third kappa shape index (κ3) is 7.00. The number of imidazole rings is 2. The number of alkyl carbamates (subject to hydrolysis) is 2. The molecule has 16 heteroatoms. The molecule has 3 aliphatic heterocycles. The number of H-pyrrole nitrogens is 2. The number of hydrogen-bond donors (Lipinski definition) is 4. The number of fused-ring (bicyclic) bond motifs is 2. The van der Waals surface area contributed by atoms with Gasteiger partial charge in [-0.05, 0) is 73.9 Å². The molecule has 3 aliphatic rings. The van der Waals surface area contributed by atoms with E-state index in [1.54, 1.807) is 22.2 Å². The van der Waals surface area contributed by atoms with Crippen molar-refractivity contribution < 1.29 is 33.4 Å². The number of methoxy groups -OCH3 is 2. The summed E-state index contributed by atoms with van der Waals surface area (Å²) < 4.78 is 18.2. The first-order valence-electron chi connectivity index (χ1n) is 19.8. The smallest absolute Gasteiger partial charge is 0.407 e. The Balaban J connectivity index is 1.01. The maximum atomic E-state index is 13.7. The summed E-state index contributed by atoms with van der Waals surface area (Å²) in [7, 11) is 2.57. The molecule has 0 aliphatic carbocycles. The second-order valence-corrected chi connectivity index (χ2v) is 15.8.